The molecule has 4 nitrogen and oxygen atoms in total. The van der Waals surface area contributed by atoms with E-state index in [1.54, 1.807) is 24.1 Å². The van der Waals surface area contributed by atoms with Gasteiger partial charge in [-0.25, -0.2) is 0 Å². The van der Waals surface area contributed by atoms with E-state index in [0.717, 1.165) is 6.07 Å². The first-order chi connectivity index (χ1) is 9.40. The molecule has 0 saturated heterocycles. The second kappa shape index (κ2) is 5.17. The molecule has 0 aromatic carbocycles. The Hall–Kier alpha value is -2.62. The lowest BCUT2D eigenvalue weighted by Gasteiger charge is -2.06. The van der Waals surface area contributed by atoms with Crippen LogP contribution in [0.1, 0.15) is 16.8 Å². The van der Waals surface area contributed by atoms with Crippen LogP contribution in [-0.2, 0) is 13.2 Å². The first kappa shape index (κ1) is 13.8. The first-order valence-electron chi connectivity index (χ1n) is 5.54. The highest BCUT2D eigenvalue weighted by molar-refractivity contribution is 5.87. The molecule has 20 heavy (non-hydrogen) atoms. The largest absolute Gasteiger partial charge is 0.417 e. The zero-order valence-corrected chi connectivity index (χ0v) is 10.4. The van der Waals surface area contributed by atoms with E-state index in [1.807, 2.05) is 6.07 Å². The molecule has 102 valence electrons. The van der Waals surface area contributed by atoms with Crippen molar-refractivity contribution in [3.8, 4) is 6.07 Å². The third kappa shape index (κ3) is 3.03. The Morgan fingerprint density at radius 1 is 1.35 bits per heavy atom. The Balaban J connectivity index is 2.34. The number of rotatable bonds is 2. The third-order valence-electron chi connectivity index (χ3n) is 2.52. The molecule has 0 N–H and O–H groups in total. The minimum Gasteiger partial charge on any atom is -0.275 e. The van der Waals surface area contributed by atoms with Gasteiger partial charge in [0.15, 0.2) is 0 Å². The number of allylic oxidation sites excluding steroid dienone is 1. The lowest BCUT2D eigenvalue weighted by atomic mass is 10.1. The van der Waals surface area contributed by atoms with Crippen LogP contribution < -0.4 is 0 Å². The molecule has 0 spiro atoms. The van der Waals surface area contributed by atoms with Gasteiger partial charge in [0.1, 0.15) is 6.07 Å². The summed E-state index contributed by atoms with van der Waals surface area (Å²) < 4.78 is 38.8. The Labute approximate surface area is 112 Å². The molecule has 0 fully saturated rings. The van der Waals surface area contributed by atoms with Gasteiger partial charge < -0.3 is 0 Å². The molecule has 0 unspecified atom stereocenters. The summed E-state index contributed by atoms with van der Waals surface area (Å²) in [5, 5.41) is 13.0. The number of pyridine rings is 1. The second-order valence-electron chi connectivity index (χ2n) is 4.05. The number of hydrogen-bond acceptors (Lipinski definition) is 3. The minimum atomic E-state index is -4.44. The lowest BCUT2D eigenvalue weighted by molar-refractivity contribution is -0.137. The quantitative estimate of drug-likeness (QED) is 0.794. The molecule has 0 radical (unpaired) electrons. The van der Waals surface area contributed by atoms with Crippen molar-refractivity contribution in [1.29, 1.82) is 5.26 Å². The van der Waals surface area contributed by atoms with Gasteiger partial charge in [-0.1, -0.05) is 0 Å². The molecule has 0 saturated carbocycles. The summed E-state index contributed by atoms with van der Waals surface area (Å²) >= 11 is 0. The van der Waals surface area contributed by atoms with E-state index in [-0.39, 0.29) is 11.3 Å². The molecule has 2 aromatic heterocycles. The summed E-state index contributed by atoms with van der Waals surface area (Å²) in [5.41, 5.74) is 0.182. The summed E-state index contributed by atoms with van der Waals surface area (Å²) in [5.74, 6) is 0. The van der Waals surface area contributed by atoms with E-state index in [1.165, 1.54) is 12.1 Å². The zero-order chi connectivity index (χ0) is 14.8. The summed E-state index contributed by atoms with van der Waals surface area (Å²) in [4.78, 5) is 3.68. The van der Waals surface area contributed by atoms with Gasteiger partial charge in [0.05, 0.1) is 23.0 Å². The van der Waals surface area contributed by atoms with Gasteiger partial charge in [-0.2, -0.15) is 23.5 Å². The third-order valence-corrected chi connectivity index (χ3v) is 2.52. The number of nitrogens with zero attached hydrogens (tertiary/aromatic N) is 4. The van der Waals surface area contributed by atoms with Crippen LogP contribution >= 0.6 is 0 Å². The van der Waals surface area contributed by atoms with Crippen molar-refractivity contribution in [2.24, 2.45) is 7.05 Å². The first-order valence-corrected chi connectivity index (χ1v) is 5.54. The normalized spacial score (nSPS) is 12.2. The molecule has 2 heterocycles. The van der Waals surface area contributed by atoms with Crippen LogP contribution in [0.3, 0.4) is 0 Å². The average Bonchev–Trinajstić information content (AvgIpc) is 2.81. The number of nitriles is 1. The van der Waals surface area contributed by atoms with Gasteiger partial charge in [-0.3, -0.25) is 9.67 Å². The van der Waals surface area contributed by atoms with Gasteiger partial charge in [0.25, 0.3) is 0 Å². The van der Waals surface area contributed by atoms with Crippen molar-refractivity contribution < 1.29 is 13.2 Å². The topological polar surface area (TPSA) is 54.5 Å². The predicted molar refractivity (Wildman–Crippen MR) is 65.9 cm³/mol. The molecule has 0 bridgehead atoms. The highest BCUT2D eigenvalue weighted by Crippen LogP contribution is 2.29. The van der Waals surface area contributed by atoms with E-state index in [9.17, 15) is 13.2 Å². The highest BCUT2D eigenvalue weighted by Gasteiger charge is 2.30. The summed E-state index contributed by atoms with van der Waals surface area (Å²) in [6.07, 6.45) is 1.01. The summed E-state index contributed by atoms with van der Waals surface area (Å²) in [6.45, 7) is 0. The van der Waals surface area contributed by atoms with Crippen LogP contribution in [0.4, 0.5) is 13.2 Å². The SMILES string of the molecule is Cn1cc(/C=C(/C#N)c2ccc(C(F)(F)F)cn2)cn1. The minimum absolute atomic E-state index is 0.173. The maximum Gasteiger partial charge on any atom is 0.417 e. The molecular formula is C13H9F3N4. The van der Waals surface area contributed by atoms with Crippen molar-refractivity contribution >= 4 is 11.6 Å². The number of hydrogen-bond donors (Lipinski definition) is 0. The fourth-order valence-electron chi connectivity index (χ4n) is 1.57. The number of alkyl halides is 3. The fraction of sp³-hybridized carbons (Fsp3) is 0.154. The molecule has 2 rings (SSSR count). The monoisotopic (exact) mass is 278 g/mol. The Bertz CT molecular complexity index is 675. The maximum absolute atomic E-state index is 12.4. The molecule has 0 aliphatic heterocycles. The van der Waals surface area contributed by atoms with Crippen molar-refractivity contribution in [3.05, 3.63) is 47.5 Å². The molecule has 0 aliphatic carbocycles. The lowest BCUT2D eigenvalue weighted by Crippen LogP contribution is -2.05. The van der Waals surface area contributed by atoms with Crippen molar-refractivity contribution in [3.63, 3.8) is 0 Å². The zero-order valence-electron chi connectivity index (χ0n) is 10.4. The smallest absolute Gasteiger partial charge is 0.275 e. The molecule has 2 aromatic rings. The average molecular weight is 278 g/mol. The molecule has 0 aliphatic rings. The Morgan fingerprint density at radius 3 is 2.55 bits per heavy atom. The maximum atomic E-state index is 12.4. The van der Waals surface area contributed by atoms with E-state index >= 15 is 0 Å². The summed E-state index contributed by atoms with van der Waals surface area (Å²) in [7, 11) is 1.72. The van der Waals surface area contributed by atoms with Gasteiger partial charge in [-0.05, 0) is 18.2 Å². The van der Waals surface area contributed by atoms with Gasteiger partial charge in [-0.15, -0.1) is 0 Å². The van der Waals surface area contributed by atoms with Crippen LogP contribution in [-0.4, -0.2) is 14.8 Å². The van der Waals surface area contributed by atoms with E-state index < -0.39 is 11.7 Å². The van der Waals surface area contributed by atoms with Crippen LogP contribution in [0.2, 0.25) is 0 Å². The Kier molecular flexibility index (Phi) is 3.57. The van der Waals surface area contributed by atoms with Crippen molar-refractivity contribution in [2.75, 3.05) is 0 Å². The second-order valence-corrected chi connectivity index (χ2v) is 4.05. The standard InChI is InChI=1S/C13H9F3N4/c1-20-8-9(6-19-20)4-10(5-17)12-3-2-11(7-18-12)13(14,15)16/h2-4,6-8H,1H3/b10-4-. The summed E-state index contributed by atoms with van der Waals surface area (Å²) in [6, 6.07) is 3.99. The van der Waals surface area contributed by atoms with Gasteiger partial charge >= 0.3 is 6.18 Å². The van der Waals surface area contributed by atoms with Crippen molar-refractivity contribution in [1.82, 2.24) is 14.8 Å². The van der Waals surface area contributed by atoms with Crippen LogP contribution in [0, 0.1) is 11.3 Å². The van der Waals surface area contributed by atoms with Crippen LogP contribution in [0.25, 0.3) is 11.6 Å². The number of halogens is 3. The van der Waals surface area contributed by atoms with Gasteiger partial charge in [0, 0.05) is 25.0 Å². The highest BCUT2D eigenvalue weighted by atomic mass is 19.4. The number of aromatic nitrogens is 3. The molecule has 0 amide bonds. The molecular weight excluding hydrogens is 269 g/mol. The van der Waals surface area contributed by atoms with E-state index in [0.29, 0.717) is 11.8 Å². The number of aryl methyl sites for hydroxylation is 1. The molecule has 7 heteroatoms. The molecule has 0 atom stereocenters. The fourth-order valence-corrected chi connectivity index (χ4v) is 1.57. The van der Waals surface area contributed by atoms with Gasteiger partial charge in [0.2, 0.25) is 0 Å². The Morgan fingerprint density at radius 2 is 2.10 bits per heavy atom. The predicted octanol–water partition coefficient (Wildman–Crippen LogP) is 2.90. The van der Waals surface area contributed by atoms with E-state index in [2.05, 4.69) is 10.1 Å². The van der Waals surface area contributed by atoms with Crippen molar-refractivity contribution in [2.45, 2.75) is 6.18 Å². The van der Waals surface area contributed by atoms with E-state index in [4.69, 9.17) is 5.26 Å². The van der Waals surface area contributed by atoms with Crippen LogP contribution in [0.5, 0.6) is 0 Å². The van der Waals surface area contributed by atoms with Crippen LogP contribution in [0.15, 0.2) is 30.7 Å².